The lowest BCUT2D eigenvalue weighted by atomic mass is 10.0. The van der Waals surface area contributed by atoms with Gasteiger partial charge in [-0.05, 0) is 33.1 Å². The Morgan fingerprint density at radius 2 is 1.36 bits per heavy atom. The molecular formula is C17H32N4O7. The molecule has 6 unspecified atom stereocenters. The topological polar surface area (TPSA) is 191 Å². The minimum atomic E-state index is -1.42. The van der Waals surface area contributed by atoms with Gasteiger partial charge >= 0.3 is 5.97 Å². The Kier molecular flexibility index (Phi) is 10.6. The highest BCUT2D eigenvalue weighted by Crippen LogP contribution is 2.05. The number of carboxylic acid groups (broad SMARTS) is 1. The molecule has 0 rings (SSSR count). The van der Waals surface area contributed by atoms with Gasteiger partial charge in [0.05, 0.1) is 12.2 Å². The lowest BCUT2D eigenvalue weighted by Crippen LogP contribution is -2.60. The van der Waals surface area contributed by atoms with Gasteiger partial charge in [-0.15, -0.1) is 0 Å². The molecule has 11 nitrogen and oxygen atoms in total. The molecule has 8 N–H and O–H groups in total. The van der Waals surface area contributed by atoms with Crippen molar-refractivity contribution in [1.82, 2.24) is 16.0 Å². The number of aliphatic hydroxyl groups is 2. The van der Waals surface area contributed by atoms with Crippen LogP contribution in [-0.2, 0) is 19.2 Å². The number of hydrogen-bond donors (Lipinski definition) is 7. The van der Waals surface area contributed by atoms with Crippen LogP contribution in [0, 0.1) is 5.92 Å². The van der Waals surface area contributed by atoms with Crippen molar-refractivity contribution >= 4 is 23.7 Å². The van der Waals surface area contributed by atoms with Gasteiger partial charge in [0.2, 0.25) is 17.7 Å². The third-order valence-electron chi connectivity index (χ3n) is 3.96. The van der Waals surface area contributed by atoms with Gasteiger partial charge in [0, 0.05) is 0 Å². The first kappa shape index (κ1) is 25.8. The van der Waals surface area contributed by atoms with E-state index in [0.29, 0.717) is 0 Å². The Bertz CT molecular complexity index is 566. The van der Waals surface area contributed by atoms with Crippen molar-refractivity contribution in [3.63, 3.8) is 0 Å². The Balaban J connectivity index is 4.99. The molecule has 0 aromatic heterocycles. The van der Waals surface area contributed by atoms with Crippen LogP contribution in [0.2, 0.25) is 0 Å². The summed E-state index contributed by atoms with van der Waals surface area (Å²) in [5.74, 6) is -3.60. The molecule has 0 spiro atoms. The molecule has 0 heterocycles. The van der Waals surface area contributed by atoms with Crippen molar-refractivity contribution in [2.45, 2.75) is 77.4 Å². The summed E-state index contributed by atoms with van der Waals surface area (Å²) in [5.41, 5.74) is 5.49. The van der Waals surface area contributed by atoms with E-state index < -0.39 is 60.1 Å². The summed E-state index contributed by atoms with van der Waals surface area (Å²) in [6.45, 7) is 7.50. The molecule has 0 aliphatic heterocycles. The summed E-state index contributed by atoms with van der Waals surface area (Å²) in [4.78, 5) is 47.7. The summed E-state index contributed by atoms with van der Waals surface area (Å²) in [6, 6.07) is -4.95. The summed E-state index contributed by atoms with van der Waals surface area (Å²) in [6.07, 6.45) is -2.27. The maximum atomic E-state index is 12.3. The van der Waals surface area contributed by atoms with E-state index in [-0.39, 0.29) is 12.3 Å². The number of amides is 3. The maximum absolute atomic E-state index is 12.3. The van der Waals surface area contributed by atoms with E-state index in [2.05, 4.69) is 16.0 Å². The molecule has 0 aliphatic carbocycles. The average Bonchev–Trinajstić information content (AvgIpc) is 2.56. The standard InChI is InChI=1S/C17H32N4O7/c1-7(2)6-11(17(27)28)20-14(24)8(3)19-16(26)13(10(5)23)21-15(25)12(18)9(4)22/h7-13,22-23H,6,18H2,1-5H3,(H,19,26)(H,20,24)(H,21,25)(H,27,28). The number of nitrogens with two attached hydrogens (primary N) is 1. The van der Waals surface area contributed by atoms with E-state index >= 15 is 0 Å². The van der Waals surface area contributed by atoms with Crippen molar-refractivity contribution in [3.8, 4) is 0 Å². The number of aliphatic hydroxyl groups excluding tert-OH is 2. The third kappa shape index (κ3) is 8.63. The molecule has 0 aromatic carbocycles. The smallest absolute Gasteiger partial charge is 0.326 e. The van der Waals surface area contributed by atoms with Crippen molar-refractivity contribution in [2.24, 2.45) is 11.7 Å². The molecule has 28 heavy (non-hydrogen) atoms. The van der Waals surface area contributed by atoms with Gasteiger partial charge in [0.1, 0.15) is 24.2 Å². The number of carbonyl (C=O) groups excluding carboxylic acids is 3. The van der Waals surface area contributed by atoms with Gasteiger partial charge in [-0.1, -0.05) is 13.8 Å². The van der Waals surface area contributed by atoms with Gasteiger partial charge in [0.15, 0.2) is 0 Å². The maximum Gasteiger partial charge on any atom is 0.326 e. The van der Waals surface area contributed by atoms with Crippen LogP contribution in [0.1, 0.15) is 41.0 Å². The molecule has 11 heteroatoms. The quantitative estimate of drug-likeness (QED) is 0.199. The zero-order valence-electron chi connectivity index (χ0n) is 16.8. The highest BCUT2D eigenvalue weighted by Gasteiger charge is 2.31. The molecule has 0 radical (unpaired) electrons. The molecule has 0 saturated carbocycles. The predicted molar refractivity (Wildman–Crippen MR) is 99.9 cm³/mol. The predicted octanol–water partition coefficient (Wildman–Crippen LogP) is -2.32. The fourth-order valence-electron chi connectivity index (χ4n) is 2.23. The fourth-order valence-corrected chi connectivity index (χ4v) is 2.23. The Hall–Kier alpha value is -2.24. The van der Waals surface area contributed by atoms with Crippen LogP contribution in [0.5, 0.6) is 0 Å². The van der Waals surface area contributed by atoms with Crippen molar-refractivity contribution in [3.05, 3.63) is 0 Å². The van der Waals surface area contributed by atoms with Gasteiger partial charge in [-0.25, -0.2) is 4.79 Å². The lowest BCUT2D eigenvalue weighted by Gasteiger charge is -2.25. The second-order valence-electron chi connectivity index (χ2n) is 7.25. The molecular weight excluding hydrogens is 372 g/mol. The van der Waals surface area contributed by atoms with Crippen LogP contribution in [0.3, 0.4) is 0 Å². The molecule has 3 amide bonds. The number of aliphatic carboxylic acids is 1. The molecule has 0 aromatic rings. The van der Waals surface area contributed by atoms with E-state index in [9.17, 15) is 34.5 Å². The van der Waals surface area contributed by atoms with Crippen LogP contribution >= 0.6 is 0 Å². The molecule has 6 atom stereocenters. The minimum absolute atomic E-state index is 0.0271. The zero-order valence-corrected chi connectivity index (χ0v) is 16.8. The van der Waals surface area contributed by atoms with Crippen molar-refractivity contribution in [1.29, 1.82) is 0 Å². The lowest BCUT2D eigenvalue weighted by molar-refractivity contribution is -0.142. The van der Waals surface area contributed by atoms with E-state index in [1.807, 2.05) is 0 Å². The van der Waals surface area contributed by atoms with Gasteiger partial charge in [0.25, 0.3) is 0 Å². The first-order valence-corrected chi connectivity index (χ1v) is 9.03. The van der Waals surface area contributed by atoms with Crippen molar-refractivity contribution < 1.29 is 34.5 Å². The Labute approximate surface area is 164 Å². The van der Waals surface area contributed by atoms with Gasteiger partial charge in [-0.3, -0.25) is 14.4 Å². The summed E-state index contributed by atoms with van der Waals surface area (Å²) >= 11 is 0. The highest BCUT2D eigenvalue weighted by molar-refractivity contribution is 5.94. The van der Waals surface area contributed by atoms with E-state index in [0.717, 1.165) is 0 Å². The SMILES string of the molecule is CC(C)CC(NC(=O)C(C)NC(=O)C(NC(=O)C(N)C(C)O)C(C)O)C(=O)O. The molecule has 0 fully saturated rings. The van der Waals surface area contributed by atoms with E-state index in [4.69, 9.17) is 5.73 Å². The molecule has 0 aliphatic rings. The Morgan fingerprint density at radius 3 is 1.75 bits per heavy atom. The summed E-state index contributed by atoms with van der Waals surface area (Å²) in [7, 11) is 0. The minimum Gasteiger partial charge on any atom is -0.480 e. The van der Waals surface area contributed by atoms with E-state index in [1.165, 1.54) is 20.8 Å². The second-order valence-corrected chi connectivity index (χ2v) is 7.25. The van der Waals surface area contributed by atoms with Gasteiger partial charge in [-0.2, -0.15) is 0 Å². The number of nitrogens with one attached hydrogen (secondary N) is 3. The molecule has 0 bridgehead atoms. The van der Waals surface area contributed by atoms with Crippen LogP contribution in [0.4, 0.5) is 0 Å². The Morgan fingerprint density at radius 1 is 0.821 bits per heavy atom. The highest BCUT2D eigenvalue weighted by atomic mass is 16.4. The number of carboxylic acids is 1. The first-order chi connectivity index (χ1) is 12.8. The number of rotatable bonds is 11. The van der Waals surface area contributed by atoms with Crippen LogP contribution in [-0.4, -0.2) is 75.4 Å². The summed E-state index contributed by atoms with van der Waals surface area (Å²) < 4.78 is 0. The van der Waals surface area contributed by atoms with E-state index in [1.54, 1.807) is 13.8 Å². The zero-order chi connectivity index (χ0) is 22.2. The van der Waals surface area contributed by atoms with Gasteiger partial charge < -0.3 is 37.0 Å². The monoisotopic (exact) mass is 404 g/mol. The fraction of sp³-hybridized carbons (Fsp3) is 0.765. The normalized spacial score (nSPS) is 17.6. The third-order valence-corrected chi connectivity index (χ3v) is 3.96. The van der Waals surface area contributed by atoms with Crippen molar-refractivity contribution in [2.75, 3.05) is 0 Å². The molecule has 162 valence electrons. The number of hydrogen-bond acceptors (Lipinski definition) is 7. The van der Waals surface area contributed by atoms with Crippen LogP contribution in [0.25, 0.3) is 0 Å². The van der Waals surface area contributed by atoms with Crippen LogP contribution in [0.15, 0.2) is 0 Å². The average molecular weight is 404 g/mol. The molecule has 0 saturated heterocycles. The summed E-state index contributed by atoms with van der Waals surface area (Å²) in [5, 5.41) is 35.1. The number of carbonyl (C=O) groups is 4. The largest absolute Gasteiger partial charge is 0.480 e. The first-order valence-electron chi connectivity index (χ1n) is 9.03. The second kappa shape index (κ2) is 11.6. The van der Waals surface area contributed by atoms with Crippen LogP contribution < -0.4 is 21.7 Å².